The quantitative estimate of drug-likeness (QED) is 0.0561. The number of nitrogens with two attached hydrogens (primary N) is 2. The molecule has 1 atom stereocenters. The molecule has 2 rings (SSSR count). The zero-order valence-electron chi connectivity index (χ0n) is 14.3. The molecule has 27 heavy (non-hydrogen) atoms. The molecule has 16 heteroatoms. The number of rotatable bonds is 7. The maximum atomic E-state index is 11.2. The highest BCUT2D eigenvalue weighted by Gasteiger charge is 2.41. The Labute approximate surface area is 157 Å². The zero-order valence-corrected chi connectivity index (χ0v) is 15.1. The first kappa shape index (κ1) is 21.8. The lowest BCUT2D eigenvalue weighted by Crippen LogP contribution is -2.64. The van der Waals surface area contributed by atoms with Crippen molar-refractivity contribution in [2.45, 2.75) is 18.9 Å². The third kappa shape index (κ3) is 6.51. The number of urea groups is 1. The van der Waals surface area contributed by atoms with Gasteiger partial charge in [0.25, 0.3) is 0 Å². The molecule has 0 aromatic heterocycles. The summed E-state index contributed by atoms with van der Waals surface area (Å²) in [5.41, 5.74) is 13.6. The van der Waals surface area contributed by atoms with Crippen molar-refractivity contribution < 1.29 is 25.5 Å². The molecule has 2 heterocycles. The highest BCUT2D eigenvalue weighted by atomic mass is 32.2. The first-order valence-corrected chi connectivity index (χ1v) is 8.53. The monoisotopic (exact) mass is 404 g/mol. The van der Waals surface area contributed by atoms with Gasteiger partial charge < -0.3 is 32.9 Å². The SMILES string of the molecule is CSN1[C-]=CN2C(=N1)NC(=O)N2[N+](=O)[O-].NC(N)=NCCC[C@H]([NH3+])C(=O)O. The van der Waals surface area contributed by atoms with E-state index in [0.29, 0.717) is 24.5 Å². The van der Waals surface area contributed by atoms with Crippen molar-refractivity contribution in [3.05, 3.63) is 22.5 Å². The van der Waals surface area contributed by atoms with Gasteiger partial charge in [0.2, 0.25) is 5.96 Å². The minimum absolute atomic E-state index is 0.0333. The Morgan fingerprint density at radius 2 is 2.30 bits per heavy atom. The van der Waals surface area contributed by atoms with E-state index in [2.05, 4.69) is 27.3 Å². The van der Waals surface area contributed by atoms with E-state index < -0.39 is 23.1 Å². The second kappa shape index (κ2) is 10.0. The van der Waals surface area contributed by atoms with Crippen LogP contribution in [0.2, 0.25) is 0 Å². The Morgan fingerprint density at radius 1 is 1.63 bits per heavy atom. The summed E-state index contributed by atoms with van der Waals surface area (Å²) in [6, 6.07) is -1.43. The molecule has 0 saturated carbocycles. The van der Waals surface area contributed by atoms with Crippen LogP contribution in [0.4, 0.5) is 4.79 Å². The molecule has 0 radical (unpaired) electrons. The lowest BCUT2D eigenvalue weighted by atomic mass is 10.2. The van der Waals surface area contributed by atoms with Gasteiger partial charge in [-0.05, 0) is 6.42 Å². The summed E-state index contributed by atoms with van der Waals surface area (Å²) >= 11 is 1.24. The van der Waals surface area contributed by atoms with Gasteiger partial charge in [-0.15, -0.1) is 6.20 Å². The second-order valence-corrected chi connectivity index (χ2v) is 5.63. The van der Waals surface area contributed by atoms with E-state index in [0.717, 1.165) is 5.01 Å². The largest absolute Gasteiger partial charge is 0.477 e. The van der Waals surface area contributed by atoms with E-state index in [1.165, 1.54) is 22.6 Å². The first-order valence-electron chi connectivity index (χ1n) is 7.35. The fourth-order valence-corrected chi connectivity index (χ4v) is 2.02. The predicted octanol–water partition coefficient (Wildman–Crippen LogP) is -2.71. The number of fused-ring (bicyclic) bond motifs is 1. The van der Waals surface area contributed by atoms with Gasteiger partial charge in [-0.25, -0.2) is 19.7 Å². The number of carboxylic acid groups (broad SMARTS) is 1. The second-order valence-electron chi connectivity index (χ2n) is 4.92. The van der Waals surface area contributed by atoms with Crippen LogP contribution < -0.4 is 22.5 Å². The molecule has 0 aromatic carbocycles. The number of aliphatic carboxylic acids is 1. The lowest BCUT2D eigenvalue weighted by molar-refractivity contribution is -0.661. The van der Waals surface area contributed by atoms with E-state index in [-0.39, 0.29) is 11.9 Å². The van der Waals surface area contributed by atoms with Gasteiger partial charge in [0, 0.05) is 19.2 Å². The summed E-state index contributed by atoms with van der Waals surface area (Å²) in [7, 11) is 0. The average Bonchev–Trinajstić information content (AvgIpc) is 2.93. The third-order valence-corrected chi connectivity index (χ3v) is 3.51. The highest BCUT2D eigenvalue weighted by molar-refractivity contribution is 7.96. The van der Waals surface area contributed by atoms with Crippen LogP contribution >= 0.6 is 11.9 Å². The van der Waals surface area contributed by atoms with Crippen LogP contribution in [0.1, 0.15) is 12.8 Å². The molecule has 0 aromatic rings. The van der Waals surface area contributed by atoms with Crippen LogP contribution in [-0.2, 0) is 4.79 Å². The molecule has 2 aliphatic heterocycles. The van der Waals surface area contributed by atoms with Crippen LogP contribution in [0.5, 0.6) is 0 Å². The van der Waals surface area contributed by atoms with Crippen molar-refractivity contribution in [2.24, 2.45) is 21.6 Å². The van der Waals surface area contributed by atoms with Crippen molar-refractivity contribution >= 4 is 35.9 Å². The molecule has 0 spiro atoms. The van der Waals surface area contributed by atoms with Crippen molar-refractivity contribution in [2.75, 3.05) is 12.8 Å². The van der Waals surface area contributed by atoms with Gasteiger partial charge in [0.05, 0.1) is 5.12 Å². The Balaban J connectivity index is 0.000000279. The molecule has 1 fully saturated rings. The van der Waals surface area contributed by atoms with Crippen molar-refractivity contribution in [1.82, 2.24) is 19.9 Å². The van der Waals surface area contributed by atoms with Crippen LogP contribution in [0.25, 0.3) is 0 Å². The van der Waals surface area contributed by atoms with Crippen LogP contribution in [0.15, 0.2) is 16.3 Å². The summed E-state index contributed by atoms with van der Waals surface area (Å²) < 4.78 is 1.34. The number of hydrogen-bond acceptors (Lipinski definition) is 9. The highest BCUT2D eigenvalue weighted by Crippen LogP contribution is 2.17. The smallest absolute Gasteiger partial charge is 0.408 e. The Morgan fingerprint density at radius 3 is 2.81 bits per heavy atom. The summed E-state index contributed by atoms with van der Waals surface area (Å²) in [5.74, 6) is -0.782. The van der Waals surface area contributed by atoms with Gasteiger partial charge in [0.1, 0.15) is 0 Å². The molecule has 2 amide bonds. The number of aliphatic imine (C=N–C) groups is 1. The zero-order chi connectivity index (χ0) is 20.6. The fraction of sp³-hybridized carbons (Fsp3) is 0.455. The standard InChI is InChI=1S/C6H14N4O2.C5H5N6O3S/c7-4(5(11)12)2-1-3-10-6(8)9;1-15-9-3-2-8-4(7-9)6-5(12)10(8)11(13)14/h4H,1-3,7H2,(H,11,12)(H4,8,9,10);2H,1H3,(H,6,7,12)/q;-1/p+1/t4-;/m0./s1. The predicted molar refractivity (Wildman–Crippen MR) is 94.0 cm³/mol. The fourth-order valence-electron chi connectivity index (χ4n) is 1.71. The number of carbonyl (C=O) groups excluding carboxylic acids is 1. The lowest BCUT2D eigenvalue weighted by Gasteiger charge is -2.31. The summed E-state index contributed by atoms with van der Waals surface area (Å²) in [5, 5.41) is 25.5. The normalized spacial score (nSPS) is 15.9. The minimum atomic E-state index is -0.889. The average molecular weight is 404 g/mol. The number of guanidine groups is 2. The van der Waals surface area contributed by atoms with Gasteiger partial charge in [-0.3, -0.25) is 10.3 Å². The molecule has 0 aliphatic carbocycles. The minimum Gasteiger partial charge on any atom is -0.477 e. The number of amides is 2. The molecule has 2 aliphatic rings. The van der Waals surface area contributed by atoms with Crippen LogP contribution in [-0.4, -0.2) is 67.4 Å². The Hall–Kier alpha value is -3.27. The van der Waals surface area contributed by atoms with Crippen LogP contribution in [0, 0.1) is 16.3 Å². The summed E-state index contributed by atoms with van der Waals surface area (Å²) in [6.07, 6.45) is 6.75. The number of hydrazine groups is 2. The number of nitrogens with one attached hydrogen (secondary N) is 1. The number of quaternary nitrogens is 1. The molecule has 15 nitrogen and oxygen atoms in total. The van der Waals surface area contributed by atoms with Gasteiger partial charge in [-0.1, -0.05) is 11.9 Å². The molecule has 150 valence electrons. The van der Waals surface area contributed by atoms with E-state index in [1.54, 1.807) is 6.26 Å². The number of carboxylic acids is 1. The number of nitro groups is 1. The number of hydrazone groups is 1. The topological polar surface area (TPSA) is 224 Å². The third-order valence-electron chi connectivity index (χ3n) is 2.98. The van der Waals surface area contributed by atoms with Crippen LogP contribution in [0.3, 0.4) is 0 Å². The molecule has 0 unspecified atom stereocenters. The summed E-state index contributed by atoms with van der Waals surface area (Å²) in [6.45, 7) is 0.460. The van der Waals surface area contributed by atoms with E-state index in [1.807, 2.05) is 0 Å². The Bertz CT molecular complexity index is 664. The maximum Gasteiger partial charge on any atom is 0.408 e. The molecular weight excluding hydrogens is 384 g/mol. The molecular formula is C11H20N10O5S. The molecule has 9 N–H and O–H groups in total. The van der Waals surface area contributed by atoms with Crippen molar-refractivity contribution in [3.63, 3.8) is 0 Å². The summed E-state index contributed by atoms with van der Waals surface area (Å²) in [4.78, 5) is 35.7. The van der Waals surface area contributed by atoms with E-state index in [9.17, 15) is 19.7 Å². The molecule has 0 bridgehead atoms. The first-order chi connectivity index (χ1) is 12.7. The van der Waals surface area contributed by atoms with E-state index >= 15 is 0 Å². The van der Waals surface area contributed by atoms with Crippen molar-refractivity contribution in [3.8, 4) is 0 Å². The van der Waals surface area contributed by atoms with Gasteiger partial charge >= 0.3 is 12.0 Å². The maximum absolute atomic E-state index is 11.2. The number of nitrogens with zero attached hydrogens (tertiary/aromatic N) is 6. The number of hydrogen-bond donors (Lipinski definition) is 5. The van der Waals surface area contributed by atoms with Gasteiger partial charge in [-0.2, -0.15) is 10.1 Å². The Kier molecular flexibility index (Phi) is 8.08. The molecule has 1 saturated heterocycles. The number of carbonyl (C=O) groups is 2. The van der Waals surface area contributed by atoms with E-state index in [4.69, 9.17) is 16.6 Å². The van der Waals surface area contributed by atoms with Crippen molar-refractivity contribution in [1.29, 1.82) is 0 Å². The van der Waals surface area contributed by atoms with Gasteiger partial charge in [0.15, 0.2) is 17.0 Å².